The highest BCUT2D eigenvalue weighted by Crippen LogP contribution is 2.09. The number of hydrogen-bond acceptors (Lipinski definition) is 2. The summed E-state index contributed by atoms with van der Waals surface area (Å²) in [6.07, 6.45) is 2.35. The standard InChI is InChI=1S/C13H17NO2/c1-10(2)9-13(16)14-8-7-11-3-5-12(15)6-4-11/h3-6,9,15H,7-8H2,1-2H3,(H,14,16). The fraction of sp³-hybridized carbons (Fsp3) is 0.308. The number of benzene rings is 1. The Labute approximate surface area is 95.8 Å². The van der Waals surface area contributed by atoms with E-state index in [4.69, 9.17) is 5.11 Å². The molecular weight excluding hydrogens is 202 g/mol. The van der Waals surface area contributed by atoms with E-state index >= 15 is 0 Å². The lowest BCUT2D eigenvalue weighted by atomic mass is 10.1. The van der Waals surface area contributed by atoms with Crippen LogP contribution in [0, 0.1) is 0 Å². The van der Waals surface area contributed by atoms with Crippen LogP contribution in [-0.4, -0.2) is 17.6 Å². The maximum absolute atomic E-state index is 11.3. The summed E-state index contributed by atoms with van der Waals surface area (Å²) in [4.78, 5) is 11.3. The second-order valence-corrected chi connectivity index (χ2v) is 3.93. The summed E-state index contributed by atoms with van der Waals surface area (Å²) in [7, 11) is 0. The van der Waals surface area contributed by atoms with E-state index in [-0.39, 0.29) is 11.7 Å². The number of nitrogens with one attached hydrogen (secondary N) is 1. The summed E-state index contributed by atoms with van der Waals surface area (Å²) in [6, 6.07) is 6.99. The lowest BCUT2D eigenvalue weighted by molar-refractivity contribution is -0.116. The molecule has 1 aromatic carbocycles. The van der Waals surface area contributed by atoms with E-state index in [1.54, 1.807) is 18.2 Å². The Balaban J connectivity index is 2.33. The number of carbonyl (C=O) groups excluding carboxylic acids is 1. The molecule has 0 aliphatic heterocycles. The maximum atomic E-state index is 11.3. The number of phenolic OH excluding ortho intramolecular Hbond substituents is 1. The molecule has 0 atom stereocenters. The Bertz CT molecular complexity index is 375. The number of rotatable bonds is 4. The van der Waals surface area contributed by atoms with Gasteiger partial charge < -0.3 is 10.4 Å². The van der Waals surface area contributed by atoms with Gasteiger partial charge in [-0.3, -0.25) is 4.79 Å². The van der Waals surface area contributed by atoms with Crippen molar-refractivity contribution in [2.24, 2.45) is 0 Å². The Kier molecular flexibility index (Phi) is 4.58. The van der Waals surface area contributed by atoms with E-state index in [2.05, 4.69) is 5.32 Å². The van der Waals surface area contributed by atoms with Crippen molar-refractivity contribution < 1.29 is 9.90 Å². The molecule has 0 aliphatic rings. The number of hydrogen-bond donors (Lipinski definition) is 2. The zero-order valence-electron chi connectivity index (χ0n) is 9.66. The van der Waals surface area contributed by atoms with Crippen LogP contribution < -0.4 is 5.32 Å². The van der Waals surface area contributed by atoms with Crippen molar-refractivity contribution in [1.29, 1.82) is 0 Å². The highest BCUT2D eigenvalue weighted by Gasteiger charge is 1.97. The van der Waals surface area contributed by atoms with E-state index in [0.29, 0.717) is 6.54 Å². The van der Waals surface area contributed by atoms with Gasteiger partial charge in [-0.1, -0.05) is 17.7 Å². The molecule has 0 saturated heterocycles. The van der Waals surface area contributed by atoms with Crippen molar-refractivity contribution in [2.75, 3.05) is 6.54 Å². The first-order chi connectivity index (χ1) is 7.58. The van der Waals surface area contributed by atoms with E-state index in [0.717, 1.165) is 17.6 Å². The van der Waals surface area contributed by atoms with Gasteiger partial charge in [-0.05, 0) is 38.0 Å². The van der Waals surface area contributed by atoms with Crippen LogP contribution in [0.1, 0.15) is 19.4 Å². The number of phenols is 1. The fourth-order valence-electron chi connectivity index (χ4n) is 1.31. The summed E-state index contributed by atoms with van der Waals surface area (Å²) in [5.74, 6) is 0.205. The zero-order valence-corrected chi connectivity index (χ0v) is 9.66. The molecule has 86 valence electrons. The van der Waals surface area contributed by atoms with Crippen LogP contribution in [0.4, 0.5) is 0 Å². The van der Waals surface area contributed by atoms with E-state index in [1.165, 1.54) is 0 Å². The Morgan fingerprint density at radius 2 is 1.94 bits per heavy atom. The van der Waals surface area contributed by atoms with Gasteiger partial charge in [0.1, 0.15) is 5.75 Å². The molecule has 0 radical (unpaired) electrons. The molecule has 3 heteroatoms. The zero-order chi connectivity index (χ0) is 12.0. The average Bonchev–Trinajstić information content (AvgIpc) is 2.20. The predicted octanol–water partition coefficient (Wildman–Crippen LogP) is 2.02. The van der Waals surface area contributed by atoms with Crippen molar-refractivity contribution in [3.8, 4) is 5.75 Å². The smallest absolute Gasteiger partial charge is 0.243 e. The van der Waals surface area contributed by atoms with Crippen molar-refractivity contribution in [3.63, 3.8) is 0 Å². The van der Waals surface area contributed by atoms with Gasteiger partial charge in [0.05, 0.1) is 0 Å². The molecule has 0 aromatic heterocycles. The van der Waals surface area contributed by atoms with Crippen LogP contribution in [0.2, 0.25) is 0 Å². The number of allylic oxidation sites excluding steroid dienone is 1. The molecule has 3 nitrogen and oxygen atoms in total. The third-order valence-corrected chi connectivity index (χ3v) is 2.07. The Hall–Kier alpha value is -1.77. The van der Waals surface area contributed by atoms with Gasteiger partial charge in [0.15, 0.2) is 0 Å². The molecule has 0 saturated carbocycles. The van der Waals surface area contributed by atoms with Crippen LogP contribution in [-0.2, 0) is 11.2 Å². The number of aromatic hydroxyl groups is 1. The molecule has 0 spiro atoms. The lowest BCUT2D eigenvalue weighted by Crippen LogP contribution is -2.23. The minimum absolute atomic E-state index is 0.0567. The molecule has 0 unspecified atom stereocenters. The summed E-state index contributed by atoms with van der Waals surface area (Å²) in [5, 5.41) is 11.9. The molecule has 0 heterocycles. The van der Waals surface area contributed by atoms with Gasteiger partial charge in [0, 0.05) is 12.6 Å². The van der Waals surface area contributed by atoms with Crippen LogP contribution in [0.5, 0.6) is 5.75 Å². The normalized spacial score (nSPS) is 9.62. The van der Waals surface area contributed by atoms with Crippen molar-refractivity contribution in [3.05, 3.63) is 41.5 Å². The summed E-state index contributed by atoms with van der Waals surface area (Å²) in [5.41, 5.74) is 2.08. The van der Waals surface area contributed by atoms with Crippen LogP contribution in [0.3, 0.4) is 0 Å². The molecular formula is C13H17NO2. The van der Waals surface area contributed by atoms with Crippen molar-refractivity contribution in [1.82, 2.24) is 5.32 Å². The van der Waals surface area contributed by atoms with Crippen molar-refractivity contribution >= 4 is 5.91 Å². The number of carbonyl (C=O) groups is 1. The minimum atomic E-state index is -0.0567. The average molecular weight is 219 g/mol. The van der Waals surface area contributed by atoms with Crippen LogP contribution in [0.15, 0.2) is 35.9 Å². The topological polar surface area (TPSA) is 49.3 Å². The molecule has 0 bridgehead atoms. The monoisotopic (exact) mass is 219 g/mol. The maximum Gasteiger partial charge on any atom is 0.243 e. The van der Waals surface area contributed by atoms with Gasteiger partial charge in [0.2, 0.25) is 5.91 Å². The van der Waals surface area contributed by atoms with Crippen LogP contribution in [0.25, 0.3) is 0 Å². The molecule has 0 fully saturated rings. The number of amides is 1. The fourth-order valence-corrected chi connectivity index (χ4v) is 1.31. The quantitative estimate of drug-likeness (QED) is 0.761. The molecule has 1 rings (SSSR count). The third kappa shape index (κ3) is 4.64. The Morgan fingerprint density at radius 3 is 2.50 bits per heavy atom. The largest absolute Gasteiger partial charge is 0.508 e. The second-order valence-electron chi connectivity index (χ2n) is 3.93. The predicted molar refractivity (Wildman–Crippen MR) is 64.3 cm³/mol. The highest BCUT2D eigenvalue weighted by molar-refractivity contribution is 5.87. The second kappa shape index (κ2) is 5.95. The minimum Gasteiger partial charge on any atom is -0.508 e. The van der Waals surface area contributed by atoms with E-state index < -0.39 is 0 Å². The van der Waals surface area contributed by atoms with Gasteiger partial charge in [-0.25, -0.2) is 0 Å². The summed E-state index contributed by atoms with van der Waals surface area (Å²) in [6.45, 7) is 4.38. The lowest BCUT2D eigenvalue weighted by Gasteiger charge is -2.03. The highest BCUT2D eigenvalue weighted by atomic mass is 16.3. The van der Waals surface area contributed by atoms with Gasteiger partial charge in [0.25, 0.3) is 0 Å². The van der Waals surface area contributed by atoms with Gasteiger partial charge in [-0.2, -0.15) is 0 Å². The van der Waals surface area contributed by atoms with Gasteiger partial charge >= 0.3 is 0 Å². The first-order valence-electron chi connectivity index (χ1n) is 5.28. The SMILES string of the molecule is CC(C)=CC(=O)NCCc1ccc(O)cc1. The third-order valence-electron chi connectivity index (χ3n) is 2.07. The van der Waals surface area contributed by atoms with Crippen LogP contribution >= 0.6 is 0 Å². The van der Waals surface area contributed by atoms with Crippen molar-refractivity contribution in [2.45, 2.75) is 20.3 Å². The molecule has 16 heavy (non-hydrogen) atoms. The first-order valence-corrected chi connectivity index (χ1v) is 5.28. The first kappa shape index (κ1) is 12.3. The molecule has 1 amide bonds. The summed E-state index contributed by atoms with van der Waals surface area (Å²) >= 11 is 0. The van der Waals surface area contributed by atoms with Gasteiger partial charge in [-0.15, -0.1) is 0 Å². The molecule has 1 aromatic rings. The van der Waals surface area contributed by atoms with E-state index in [9.17, 15) is 4.79 Å². The molecule has 2 N–H and O–H groups in total. The van der Waals surface area contributed by atoms with E-state index in [1.807, 2.05) is 26.0 Å². The molecule has 0 aliphatic carbocycles. The Morgan fingerprint density at radius 1 is 1.31 bits per heavy atom. The summed E-state index contributed by atoms with van der Waals surface area (Å²) < 4.78 is 0.